The van der Waals surface area contributed by atoms with Crippen LogP contribution in [0.1, 0.15) is 36.5 Å². The second kappa shape index (κ2) is 6.53. The number of amides is 1. The highest BCUT2D eigenvalue weighted by Crippen LogP contribution is 2.26. The lowest BCUT2D eigenvalue weighted by Gasteiger charge is -2.20. The zero-order valence-corrected chi connectivity index (χ0v) is 12.0. The number of benzene rings is 1. The summed E-state index contributed by atoms with van der Waals surface area (Å²) in [6, 6.07) is 4.32. The molecular weight excluding hydrogens is 272 g/mol. The molecule has 1 atom stereocenters. The normalized spacial score (nSPS) is 19.0. The number of nitro groups is 1. The minimum atomic E-state index is -0.545. The first kappa shape index (κ1) is 15.2. The summed E-state index contributed by atoms with van der Waals surface area (Å²) >= 11 is 0. The number of hydrazine groups is 1. The molecule has 0 bridgehead atoms. The fourth-order valence-electron chi connectivity index (χ4n) is 2.59. The summed E-state index contributed by atoms with van der Waals surface area (Å²) in [5.41, 5.74) is 2.61. The summed E-state index contributed by atoms with van der Waals surface area (Å²) < 4.78 is 0. The van der Waals surface area contributed by atoms with Crippen LogP contribution in [0.25, 0.3) is 0 Å². The molecule has 1 amide bonds. The molecular formula is C14H20N4O3. The third kappa shape index (κ3) is 3.49. The first-order valence-corrected chi connectivity index (χ1v) is 7.07. The molecule has 7 heteroatoms. The van der Waals surface area contributed by atoms with E-state index >= 15 is 0 Å². The molecule has 1 aliphatic heterocycles. The minimum Gasteiger partial charge on any atom is -0.339 e. The van der Waals surface area contributed by atoms with E-state index < -0.39 is 4.92 Å². The lowest BCUT2D eigenvalue weighted by atomic mass is 10.0. The Morgan fingerprint density at radius 2 is 2.19 bits per heavy atom. The topological polar surface area (TPSA) is 102 Å². The number of carbonyl (C=O) groups excluding carboxylic acids is 1. The summed E-state index contributed by atoms with van der Waals surface area (Å²) in [6.45, 7) is 3.58. The lowest BCUT2D eigenvalue weighted by Crippen LogP contribution is -2.32. The maximum absolute atomic E-state index is 12.5. The summed E-state index contributed by atoms with van der Waals surface area (Å²) in [5, 5.41) is 11.0. The van der Waals surface area contributed by atoms with Gasteiger partial charge in [0.25, 0.3) is 11.6 Å². The zero-order chi connectivity index (χ0) is 15.4. The molecule has 0 saturated carbocycles. The van der Waals surface area contributed by atoms with E-state index in [-0.39, 0.29) is 17.3 Å². The predicted octanol–water partition coefficient (Wildman–Crippen LogP) is 2.14. The highest BCUT2D eigenvalue weighted by molar-refractivity contribution is 5.95. The van der Waals surface area contributed by atoms with Crippen LogP contribution in [-0.4, -0.2) is 28.8 Å². The molecule has 1 fully saturated rings. The van der Waals surface area contributed by atoms with Crippen molar-refractivity contribution in [3.05, 3.63) is 33.9 Å². The van der Waals surface area contributed by atoms with Gasteiger partial charge >= 0.3 is 0 Å². The standard InChI is InChI=1S/C14H20N4O3/c1-10-3-2-7-17(8-6-10)14(19)11-4-5-12(16-15)13(9-11)18(20)21/h4-5,9-10,16H,2-3,6-8,15H2,1H3. The highest BCUT2D eigenvalue weighted by Gasteiger charge is 2.22. The van der Waals surface area contributed by atoms with Crippen LogP contribution >= 0.6 is 0 Å². The number of nitrogen functional groups attached to an aromatic ring is 1. The van der Waals surface area contributed by atoms with Crippen LogP contribution in [0.5, 0.6) is 0 Å². The lowest BCUT2D eigenvalue weighted by molar-refractivity contribution is -0.384. The average molecular weight is 292 g/mol. The van der Waals surface area contributed by atoms with Crippen molar-refractivity contribution in [3.8, 4) is 0 Å². The molecule has 2 rings (SSSR count). The summed E-state index contributed by atoms with van der Waals surface area (Å²) in [7, 11) is 0. The Hall–Kier alpha value is -2.15. The number of nitro benzene ring substituents is 1. The van der Waals surface area contributed by atoms with E-state index in [9.17, 15) is 14.9 Å². The number of anilines is 1. The Kier molecular flexibility index (Phi) is 4.74. The molecule has 3 N–H and O–H groups in total. The van der Waals surface area contributed by atoms with Crippen molar-refractivity contribution in [1.29, 1.82) is 0 Å². The van der Waals surface area contributed by atoms with Crippen molar-refractivity contribution < 1.29 is 9.72 Å². The summed E-state index contributed by atoms with van der Waals surface area (Å²) in [5.74, 6) is 5.70. The van der Waals surface area contributed by atoms with Crippen LogP contribution in [0.2, 0.25) is 0 Å². The fourth-order valence-corrected chi connectivity index (χ4v) is 2.59. The number of nitrogens with two attached hydrogens (primary N) is 1. The van der Waals surface area contributed by atoms with E-state index in [1.54, 1.807) is 11.0 Å². The van der Waals surface area contributed by atoms with Crippen LogP contribution in [0.3, 0.4) is 0 Å². The molecule has 1 saturated heterocycles. The van der Waals surface area contributed by atoms with E-state index in [0.717, 1.165) is 19.3 Å². The van der Waals surface area contributed by atoms with Gasteiger partial charge < -0.3 is 10.3 Å². The van der Waals surface area contributed by atoms with Crippen LogP contribution in [0.4, 0.5) is 11.4 Å². The van der Waals surface area contributed by atoms with Crippen molar-refractivity contribution in [2.45, 2.75) is 26.2 Å². The summed E-state index contributed by atoms with van der Waals surface area (Å²) in [6.07, 6.45) is 3.05. The maximum atomic E-state index is 12.5. The van der Waals surface area contributed by atoms with Gasteiger partial charge in [-0.3, -0.25) is 20.8 Å². The number of hydrogen-bond donors (Lipinski definition) is 2. The van der Waals surface area contributed by atoms with Crippen LogP contribution in [0, 0.1) is 16.0 Å². The molecule has 1 aromatic rings. The zero-order valence-electron chi connectivity index (χ0n) is 12.0. The first-order valence-electron chi connectivity index (χ1n) is 7.07. The number of carbonyl (C=O) groups is 1. The largest absolute Gasteiger partial charge is 0.339 e. The molecule has 7 nitrogen and oxygen atoms in total. The maximum Gasteiger partial charge on any atom is 0.294 e. The van der Waals surface area contributed by atoms with E-state index in [2.05, 4.69) is 12.3 Å². The van der Waals surface area contributed by atoms with E-state index in [1.807, 2.05) is 0 Å². The number of nitrogens with zero attached hydrogens (tertiary/aromatic N) is 2. The summed E-state index contributed by atoms with van der Waals surface area (Å²) in [4.78, 5) is 24.7. The molecule has 1 unspecified atom stereocenters. The second-order valence-corrected chi connectivity index (χ2v) is 5.46. The van der Waals surface area contributed by atoms with Gasteiger partial charge in [-0.15, -0.1) is 0 Å². The Morgan fingerprint density at radius 1 is 1.43 bits per heavy atom. The van der Waals surface area contributed by atoms with Crippen molar-refractivity contribution in [2.24, 2.45) is 11.8 Å². The quantitative estimate of drug-likeness (QED) is 0.505. The minimum absolute atomic E-state index is 0.157. The Morgan fingerprint density at radius 3 is 2.86 bits per heavy atom. The van der Waals surface area contributed by atoms with Gasteiger partial charge in [0.05, 0.1) is 4.92 Å². The number of hydrogen-bond acceptors (Lipinski definition) is 5. The molecule has 21 heavy (non-hydrogen) atoms. The smallest absolute Gasteiger partial charge is 0.294 e. The average Bonchev–Trinajstić information content (AvgIpc) is 2.70. The molecule has 1 heterocycles. The van der Waals surface area contributed by atoms with Gasteiger partial charge in [-0.25, -0.2) is 0 Å². The van der Waals surface area contributed by atoms with Gasteiger partial charge in [-0.2, -0.15) is 0 Å². The van der Waals surface area contributed by atoms with Gasteiger partial charge in [0, 0.05) is 24.7 Å². The van der Waals surface area contributed by atoms with Crippen LogP contribution in [0.15, 0.2) is 18.2 Å². The number of nitrogens with one attached hydrogen (secondary N) is 1. The third-order valence-electron chi connectivity index (χ3n) is 3.90. The Balaban J connectivity index is 2.22. The number of rotatable bonds is 3. The number of likely N-dealkylation sites (tertiary alicyclic amines) is 1. The molecule has 0 aliphatic carbocycles. The molecule has 1 aliphatic rings. The molecule has 0 spiro atoms. The molecule has 114 valence electrons. The Bertz CT molecular complexity index is 547. The van der Waals surface area contributed by atoms with Crippen molar-refractivity contribution >= 4 is 17.3 Å². The van der Waals surface area contributed by atoms with Crippen molar-refractivity contribution in [1.82, 2.24) is 4.90 Å². The van der Waals surface area contributed by atoms with Gasteiger partial charge in [0.15, 0.2) is 0 Å². The first-order chi connectivity index (χ1) is 10.0. The SMILES string of the molecule is CC1CCCN(C(=O)c2ccc(NN)c([N+](=O)[O-])c2)CC1. The van der Waals surface area contributed by atoms with Crippen LogP contribution in [-0.2, 0) is 0 Å². The van der Waals surface area contributed by atoms with Gasteiger partial charge in [-0.1, -0.05) is 6.92 Å². The van der Waals surface area contributed by atoms with Gasteiger partial charge in [-0.05, 0) is 37.3 Å². The third-order valence-corrected chi connectivity index (χ3v) is 3.90. The Labute approximate surface area is 123 Å². The molecule has 0 aromatic heterocycles. The van der Waals surface area contributed by atoms with E-state index in [0.29, 0.717) is 24.6 Å². The molecule has 0 radical (unpaired) electrons. The second-order valence-electron chi connectivity index (χ2n) is 5.46. The van der Waals surface area contributed by atoms with Crippen LogP contribution < -0.4 is 11.3 Å². The van der Waals surface area contributed by atoms with Gasteiger partial charge in [0.2, 0.25) is 0 Å². The van der Waals surface area contributed by atoms with E-state index in [4.69, 9.17) is 5.84 Å². The highest BCUT2D eigenvalue weighted by atomic mass is 16.6. The predicted molar refractivity (Wildman–Crippen MR) is 79.8 cm³/mol. The fraction of sp³-hybridized carbons (Fsp3) is 0.500. The van der Waals surface area contributed by atoms with E-state index in [1.165, 1.54) is 12.1 Å². The molecule has 1 aromatic carbocycles. The van der Waals surface area contributed by atoms with Gasteiger partial charge in [0.1, 0.15) is 5.69 Å². The van der Waals surface area contributed by atoms with Crippen molar-refractivity contribution in [3.63, 3.8) is 0 Å². The van der Waals surface area contributed by atoms with Crippen molar-refractivity contribution in [2.75, 3.05) is 18.5 Å². The monoisotopic (exact) mass is 292 g/mol.